The first-order chi connectivity index (χ1) is 11.1. The summed E-state index contributed by atoms with van der Waals surface area (Å²) in [6.07, 6.45) is 4.64. The molecule has 0 bridgehead atoms. The molecule has 23 heavy (non-hydrogen) atoms. The molecule has 1 aliphatic heterocycles. The minimum absolute atomic E-state index is 0.00310. The number of hydrogen-bond donors (Lipinski definition) is 2. The number of amides is 1. The number of nitrogens with zero attached hydrogens (tertiary/aromatic N) is 1. The summed E-state index contributed by atoms with van der Waals surface area (Å²) in [7, 11) is 0. The highest BCUT2D eigenvalue weighted by Crippen LogP contribution is 2.24. The first-order valence-corrected chi connectivity index (χ1v) is 8.93. The van der Waals surface area contributed by atoms with Gasteiger partial charge in [0.05, 0.1) is 5.56 Å². The Bertz CT molecular complexity index is 546. The second-order valence-electron chi connectivity index (χ2n) is 6.97. The van der Waals surface area contributed by atoms with Crippen molar-refractivity contribution in [2.75, 3.05) is 19.6 Å². The number of aryl methyl sites for hydroxylation is 2. The van der Waals surface area contributed by atoms with Gasteiger partial charge in [0.15, 0.2) is 0 Å². The minimum Gasteiger partial charge on any atom is -0.466 e. The van der Waals surface area contributed by atoms with Crippen LogP contribution in [0.3, 0.4) is 0 Å². The third kappa shape index (κ3) is 3.78. The fourth-order valence-electron chi connectivity index (χ4n) is 3.69. The summed E-state index contributed by atoms with van der Waals surface area (Å²) in [6.45, 7) is 9.47. The van der Waals surface area contributed by atoms with Crippen LogP contribution in [0.25, 0.3) is 0 Å². The molecule has 1 aliphatic carbocycles. The maximum absolute atomic E-state index is 12.4. The molecule has 1 saturated heterocycles. The second-order valence-corrected chi connectivity index (χ2v) is 6.97. The number of carbonyl (C=O) groups is 1. The molecule has 2 unspecified atom stereocenters. The molecule has 128 valence electrons. The standard InChI is InChI=1S/C18H29N3O2/c1-4-21-9-7-14(8-10-21)19-16-5-6-17(16)20-18(22)15-11-12(2)23-13(15)3/h11,14,16-17,19H,4-10H2,1-3H3,(H,20,22). The van der Waals surface area contributed by atoms with Gasteiger partial charge in [0, 0.05) is 18.1 Å². The van der Waals surface area contributed by atoms with Crippen molar-refractivity contribution in [1.29, 1.82) is 0 Å². The summed E-state index contributed by atoms with van der Waals surface area (Å²) in [5, 5.41) is 6.94. The zero-order valence-electron chi connectivity index (χ0n) is 14.5. The SMILES string of the molecule is CCN1CCC(NC2CCC2NC(=O)c2cc(C)oc2C)CC1. The van der Waals surface area contributed by atoms with Crippen LogP contribution in [-0.2, 0) is 0 Å². The molecule has 3 rings (SSSR count). The molecule has 5 heteroatoms. The van der Waals surface area contributed by atoms with Gasteiger partial charge in [-0.05, 0) is 65.2 Å². The molecule has 2 aliphatic rings. The Labute approximate surface area is 138 Å². The monoisotopic (exact) mass is 319 g/mol. The quantitative estimate of drug-likeness (QED) is 0.874. The van der Waals surface area contributed by atoms with Gasteiger partial charge >= 0.3 is 0 Å². The summed E-state index contributed by atoms with van der Waals surface area (Å²) in [5.74, 6) is 1.49. The first kappa shape index (κ1) is 16.5. The molecule has 1 aromatic rings. The Morgan fingerprint density at radius 1 is 1.22 bits per heavy atom. The van der Waals surface area contributed by atoms with E-state index in [1.54, 1.807) is 0 Å². The smallest absolute Gasteiger partial charge is 0.255 e. The van der Waals surface area contributed by atoms with Gasteiger partial charge in [-0.2, -0.15) is 0 Å². The van der Waals surface area contributed by atoms with E-state index in [4.69, 9.17) is 4.42 Å². The maximum Gasteiger partial charge on any atom is 0.255 e. The van der Waals surface area contributed by atoms with Crippen LogP contribution in [0.1, 0.15) is 54.5 Å². The molecule has 0 radical (unpaired) electrons. The van der Waals surface area contributed by atoms with Gasteiger partial charge in [0.1, 0.15) is 11.5 Å². The number of likely N-dealkylation sites (tertiary alicyclic amines) is 1. The Morgan fingerprint density at radius 2 is 1.91 bits per heavy atom. The van der Waals surface area contributed by atoms with Crippen LogP contribution < -0.4 is 10.6 Å². The van der Waals surface area contributed by atoms with Crippen molar-refractivity contribution >= 4 is 5.91 Å². The summed E-state index contributed by atoms with van der Waals surface area (Å²) in [6, 6.07) is 3.10. The van der Waals surface area contributed by atoms with E-state index >= 15 is 0 Å². The average Bonchev–Trinajstić information content (AvgIpc) is 2.88. The van der Waals surface area contributed by atoms with Crippen LogP contribution in [0.15, 0.2) is 10.5 Å². The Balaban J connectivity index is 1.48. The normalized spacial score (nSPS) is 26.0. The highest BCUT2D eigenvalue weighted by Gasteiger charge is 2.34. The van der Waals surface area contributed by atoms with Gasteiger partial charge in [-0.3, -0.25) is 4.79 Å². The molecule has 2 heterocycles. The lowest BCUT2D eigenvalue weighted by Gasteiger charge is -2.42. The van der Waals surface area contributed by atoms with Crippen molar-refractivity contribution in [3.8, 4) is 0 Å². The van der Waals surface area contributed by atoms with Gasteiger partial charge in [-0.25, -0.2) is 0 Å². The highest BCUT2D eigenvalue weighted by molar-refractivity contribution is 5.95. The third-order valence-electron chi connectivity index (χ3n) is 5.36. The van der Waals surface area contributed by atoms with Gasteiger partial charge in [0.2, 0.25) is 0 Å². The molecule has 2 N–H and O–H groups in total. The number of carbonyl (C=O) groups excluding carboxylic acids is 1. The van der Waals surface area contributed by atoms with Crippen molar-refractivity contribution in [1.82, 2.24) is 15.5 Å². The molecule has 0 spiro atoms. The summed E-state index contributed by atoms with van der Waals surface area (Å²) < 4.78 is 5.46. The van der Waals surface area contributed by atoms with E-state index < -0.39 is 0 Å². The van der Waals surface area contributed by atoms with E-state index in [0.29, 0.717) is 23.4 Å². The van der Waals surface area contributed by atoms with Gasteiger partial charge in [-0.15, -0.1) is 0 Å². The van der Waals surface area contributed by atoms with Crippen molar-refractivity contribution in [3.63, 3.8) is 0 Å². The number of hydrogen-bond acceptors (Lipinski definition) is 4. The van der Waals surface area contributed by atoms with Crippen molar-refractivity contribution in [2.24, 2.45) is 0 Å². The number of furan rings is 1. The van der Waals surface area contributed by atoms with Crippen LogP contribution in [0, 0.1) is 13.8 Å². The van der Waals surface area contributed by atoms with E-state index in [2.05, 4.69) is 22.5 Å². The van der Waals surface area contributed by atoms with Crippen LogP contribution in [0.5, 0.6) is 0 Å². The molecule has 2 atom stereocenters. The topological polar surface area (TPSA) is 57.5 Å². The molecule has 5 nitrogen and oxygen atoms in total. The number of nitrogens with one attached hydrogen (secondary N) is 2. The summed E-state index contributed by atoms with van der Waals surface area (Å²) in [5.41, 5.74) is 0.671. The Kier molecular flexibility index (Phi) is 5.07. The predicted molar refractivity (Wildman–Crippen MR) is 90.7 cm³/mol. The predicted octanol–water partition coefficient (Wildman–Crippen LogP) is 2.23. The lowest BCUT2D eigenvalue weighted by atomic mass is 9.84. The lowest BCUT2D eigenvalue weighted by Crippen LogP contribution is -2.60. The number of piperidine rings is 1. The van der Waals surface area contributed by atoms with E-state index in [-0.39, 0.29) is 11.9 Å². The Hall–Kier alpha value is -1.33. The fourth-order valence-corrected chi connectivity index (χ4v) is 3.69. The van der Waals surface area contributed by atoms with Crippen LogP contribution in [0.2, 0.25) is 0 Å². The lowest BCUT2D eigenvalue weighted by molar-refractivity contribution is 0.0878. The molecule has 1 amide bonds. The van der Waals surface area contributed by atoms with Crippen molar-refractivity contribution in [2.45, 2.75) is 64.6 Å². The largest absolute Gasteiger partial charge is 0.466 e. The van der Waals surface area contributed by atoms with E-state index in [0.717, 1.165) is 25.1 Å². The van der Waals surface area contributed by atoms with Crippen molar-refractivity contribution < 1.29 is 9.21 Å². The molecule has 2 fully saturated rings. The fraction of sp³-hybridized carbons (Fsp3) is 0.722. The first-order valence-electron chi connectivity index (χ1n) is 8.93. The average molecular weight is 319 g/mol. The molecule has 1 saturated carbocycles. The summed E-state index contributed by atoms with van der Waals surface area (Å²) in [4.78, 5) is 14.9. The zero-order chi connectivity index (χ0) is 16.4. The van der Waals surface area contributed by atoms with Crippen LogP contribution >= 0.6 is 0 Å². The van der Waals surface area contributed by atoms with Gasteiger partial charge < -0.3 is 20.0 Å². The van der Waals surface area contributed by atoms with Gasteiger partial charge in [0.25, 0.3) is 5.91 Å². The van der Waals surface area contributed by atoms with Gasteiger partial charge in [-0.1, -0.05) is 6.92 Å². The molecule has 0 aromatic carbocycles. The molecular weight excluding hydrogens is 290 g/mol. The highest BCUT2D eigenvalue weighted by atomic mass is 16.3. The van der Waals surface area contributed by atoms with E-state index in [9.17, 15) is 4.79 Å². The van der Waals surface area contributed by atoms with Crippen molar-refractivity contribution in [3.05, 3.63) is 23.2 Å². The van der Waals surface area contributed by atoms with Crippen LogP contribution in [0.4, 0.5) is 0 Å². The third-order valence-corrected chi connectivity index (χ3v) is 5.36. The second kappa shape index (κ2) is 7.05. The maximum atomic E-state index is 12.4. The Morgan fingerprint density at radius 3 is 2.43 bits per heavy atom. The summed E-state index contributed by atoms with van der Waals surface area (Å²) >= 11 is 0. The number of rotatable bonds is 5. The molecule has 1 aromatic heterocycles. The molecular formula is C18H29N3O2. The van der Waals surface area contributed by atoms with Crippen LogP contribution in [-0.4, -0.2) is 48.6 Å². The minimum atomic E-state index is -0.00310. The zero-order valence-corrected chi connectivity index (χ0v) is 14.5. The van der Waals surface area contributed by atoms with E-state index in [1.165, 1.54) is 25.9 Å². The van der Waals surface area contributed by atoms with E-state index in [1.807, 2.05) is 19.9 Å².